The molecule has 35 heavy (non-hydrogen) atoms. The smallest absolute Gasteiger partial charge is 0.383 e. The highest BCUT2D eigenvalue weighted by Crippen LogP contribution is 2.33. The molecule has 1 amide bonds. The summed E-state index contributed by atoms with van der Waals surface area (Å²) in [4.78, 5) is 22.1. The molecule has 3 N–H and O–H groups in total. The van der Waals surface area contributed by atoms with Crippen molar-refractivity contribution in [3.63, 3.8) is 0 Å². The van der Waals surface area contributed by atoms with Gasteiger partial charge in [0, 0.05) is 17.0 Å². The predicted octanol–water partition coefficient (Wildman–Crippen LogP) is 3.90. The van der Waals surface area contributed by atoms with Crippen LogP contribution in [0.4, 0.5) is 24.7 Å². The summed E-state index contributed by atoms with van der Waals surface area (Å²) < 4.78 is 42.3. The number of amides is 1. The first kappa shape index (κ1) is 22.3. The molecule has 5 aromatic rings. The third-order valence-corrected chi connectivity index (χ3v) is 5.25. The molecule has 14 heteroatoms. The Morgan fingerprint density at radius 2 is 1.77 bits per heavy atom. The normalized spacial score (nSPS) is 11.7. The molecule has 0 spiro atoms. The van der Waals surface area contributed by atoms with E-state index in [0.717, 1.165) is 15.7 Å². The Labute approximate surface area is 199 Å². The highest BCUT2D eigenvalue weighted by molar-refractivity contribution is 6.32. The number of anilines is 2. The van der Waals surface area contributed by atoms with Gasteiger partial charge < -0.3 is 11.1 Å². The van der Waals surface area contributed by atoms with E-state index in [9.17, 15) is 18.0 Å². The van der Waals surface area contributed by atoms with Crippen molar-refractivity contribution in [1.82, 2.24) is 34.7 Å². The van der Waals surface area contributed by atoms with E-state index < -0.39 is 23.3 Å². The average Bonchev–Trinajstić information content (AvgIpc) is 3.50. The Morgan fingerprint density at radius 3 is 2.46 bits per heavy atom. The van der Waals surface area contributed by atoms with Crippen LogP contribution in [0.5, 0.6) is 0 Å². The molecule has 0 aliphatic rings. The molecule has 4 heterocycles. The van der Waals surface area contributed by atoms with E-state index in [1.165, 1.54) is 30.9 Å². The standard InChI is InChI=1S/C21H13ClF3N9O/c22-15-7-11(8-28-19(15)34-29-5-6-30-34)31-20(35)14-10-33(32-17(14)21(23,24)25)16-9-27-18(26)13-4-2-1-3-12(13)16/h1-10H,(H2,26,27)(H,31,35). The number of benzene rings is 1. The summed E-state index contributed by atoms with van der Waals surface area (Å²) in [5.74, 6) is -0.663. The lowest BCUT2D eigenvalue weighted by atomic mass is 10.1. The van der Waals surface area contributed by atoms with Crippen molar-refractivity contribution in [3.05, 3.63) is 77.6 Å². The van der Waals surface area contributed by atoms with Crippen LogP contribution in [0.1, 0.15) is 16.1 Å². The van der Waals surface area contributed by atoms with Crippen LogP contribution in [-0.2, 0) is 6.18 Å². The SMILES string of the molecule is Nc1ncc(-n2cc(C(=O)Nc3cnc(-n4nccn4)c(Cl)c3)c(C(F)(F)F)n2)c2ccccc12. The number of carbonyl (C=O) groups excluding carboxylic acids is 1. The first-order valence-corrected chi connectivity index (χ1v) is 10.2. The molecule has 5 rings (SSSR count). The predicted molar refractivity (Wildman–Crippen MR) is 120 cm³/mol. The molecular formula is C21H13ClF3N9O. The summed E-state index contributed by atoms with van der Waals surface area (Å²) in [6, 6.07) is 8.09. The minimum atomic E-state index is -4.90. The van der Waals surface area contributed by atoms with Gasteiger partial charge in [-0.05, 0) is 6.07 Å². The third-order valence-electron chi connectivity index (χ3n) is 4.97. The lowest BCUT2D eigenvalue weighted by Crippen LogP contribution is -2.18. The van der Waals surface area contributed by atoms with Gasteiger partial charge in [0.05, 0.1) is 46.7 Å². The number of rotatable bonds is 4. The zero-order valence-electron chi connectivity index (χ0n) is 17.4. The van der Waals surface area contributed by atoms with Crippen molar-refractivity contribution >= 4 is 39.8 Å². The highest BCUT2D eigenvalue weighted by Gasteiger charge is 2.39. The molecule has 0 atom stereocenters. The van der Waals surface area contributed by atoms with E-state index >= 15 is 0 Å². The Morgan fingerprint density at radius 1 is 1.06 bits per heavy atom. The van der Waals surface area contributed by atoms with Gasteiger partial charge in [-0.1, -0.05) is 35.9 Å². The van der Waals surface area contributed by atoms with E-state index in [1.54, 1.807) is 24.3 Å². The second-order valence-corrected chi connectivity index (χ2v) is 7.62. The van der Waals surface area contributed by atoms with Crippen LogP contribution in [0.3, 0.4) is 0 Å². The van der Waals surface area contributed by atoms with Crippen LogP contribution in [0.15, 0.2) is 61.3 Å². The van der Waals surface area contributed by atoms with Gasteiger partial charge in [-0.3, -0.25) is 4.79 Å². The number of aromatic nitrogens is 7. The minimum absolute atomic E-state index is 0.0661. The van der Waals surface area contributed by atoms with Crippen LogP contribution < -0.4 is 11.1 Å². The van der Waals surface area contributed by atoms with E-state index in [1.807, 2.05) is 0 Å². The molecule has 0 aliphatic heterocycles. The summed E-state index contributed by atoms with van der Waals surface area (Å²) in [6.07, 6.45) is 1.43. The van der Waals surface area contributed by atoms with Crippen LogP contribution in [0.25, 0.3) is 22.3 Å². The van der Waals surface area contributed by atoms with Crippen molar-refractivity contribution < 1.29 is 18.0 Å². The summed E-state index contributed by atoms with van der Waals surface area (Å²) in [6.45, 7) is 0. The van der Waals surface area contributed by atoms with Crippen molar-refractivity contribution in [3.8, 4) is 11.5 Å². The minimum Gasteiger partial charge on any atom is -0.383 e. The lowest BCUT2D eigenvalue weighted by Gasteiger charge is -2.08. The quantitative estimate of drug-likeness (QED) is 0.383. The Balaban J connectivity index is 1.53. The van der Waals surface area contributed by atoms with Crippen molar-refractivity contribution in [2.24, 2.45) is 0 Å². The van der Waals surface area contributed by atoms with Gasteiger partial charge >= 0.3 is 6.18 Å². The molecule has 0 bridgehead atoms. The maximum Gasteiger partial charge on any atom is 0.435 e. The second-order valence-electron chi connectivity index (χ2n) is 7.21. The molecule has 176 valence electrons. The van der Waals surface area contributed by atoms with E-state index in [0.29, 0.717) is 10.8 Å². The largest absolute Gasteiger partial charge is 0.435 e. The van der Waals surface area contributed by atoms with Crippen LogP contribution in [0.2, 0.25) is 5.02 Å². The van der Waals surface area contributed by atoms with Gasteiger partial charge in [-0.2, -0.15) is 28.5 Å². The van der Waals surface area contributed by atoms with E-state index in [4.69, 9.17) is 17.3 Å². The highest BCUT2D eigenvalue weighted by atomic mass is 35.5. The summed E-state index contributed by atoms with van der Waals surface area (Å²) >= 11 is 6.18. The maximum atomic E-state index is 13.8. The summed E-state index contributed by atoms with van der Waals surface area (Å²) in [5, 5.41) is 15.0. The lowest BCUT2D eigenvalue weighted by molar-refractivity contribution is -0.141. The summed E-state index contributed by atoms with van der Waals surface area (Å²) in [5.41, 5.74) is 4.10. The first-order valence-electron chi connectivity index (χ1n) is 9.86. The van der Waals surface area contributed by atoms with Gasteiger partial charge in [0.1, 0.15) is 5.82 Å². The first-order chi connectivity index (χ1) is 16.7. The Hall–Kier alpha value is -4.52. The molecule has 0 saturated carbocycles. The zero-order chi connectivity index (χ0) is 24.7. The number of nitrogens with two attached hydrogens (primary N) is 1. The maximum absolute atomic E-state index is 13.8. The molecule has 0 radical (unpaired) electrons. The van der Waals surface area contributed by atoms with E-state index in [2.05, 4.69) is 30.6 Å². The number of halogens is 4. The fraction of sp³-hybridized carbons (Fsp3) is 0.0476. The van der Waals surface area contributed by atoms with Gasteiger partial charge in [-0.25, -0.2) is 14.6 Å². The fourth-order valence-electron chi connectivity index (χ4n) is 3.42. The average molecular weight is 500 g/mol. The Bertz CT molecular complexity index is 1560. The number of hydrogen-bond acceptors (Lipinski definition) is 7. The fourth-order valence-corrected chi connectivity index (χ4v) is 3.67. The molecule has 4 aromatic heterocycles. The van der Waals surface area contributed by atoms with Crippen LogP contribution >= 0.6 is 11.6 Å². The molecule has 0 aliphatic carbocycles. The monoisotopic (exact) mass is 499 g/mol. The summed E-state index contributed by atoms with van der Waals surface area (Å²) in [7, 11) is 0. The number of hydrogen-bond donors (Lipinski definition) is 2. The number of pyridine rings is 2. The molecule has 0 saturated heterocycles. The van der Waals surface area contributed by atoms with Crippen LogP contribution in [0, 0.1) is 0 Å². The number of fused-ring (bicyclic) bond motifs is 1. The van der Waals surface area contributed by atoms with E-state index in [-0.39, 0.29) is 28.0 Å². The third kappa shape index (κ3) is 4.12. The molecule has 0 unspecified atom stereocenters. The van der Waals surface area contributed by atoms with Gasteiger partial charge in [0.15, 0.2) is 11.5 Å². The number of nitrogens with zero attached hydrogens (tertiary/aromatic N) is 7. The zero-order valence-corrected chi connectivity index (χ0v) is 18.2. The molecule has 1 aromatic carbocycles. The van der Waals surface area contributed by atoms with Crippen molar-refractivity contribution in [2.45, 2.75) is 6.18 Å². The number of nitrogens with one attached hydrogen (secondary N) is 1. The van der Waals surface area contributed by atoms with Gasteiger partial charge in [0.25, 0.3) is 5.91 Å². The van der Waals surface area contributed by atoms with Gasteiger partial charge in [0.2, 0.25) is 0 Å². The molecule has 0 fully saturated rings. The topological polar surface area (TPSA) is 129 Å². The molecular weight excluding hydrogens is 487 g/mol. The number of nitrogen functional groups attached to an aromatic ring is 1. The van der Waals surface area contributed by atoms with Crippen LogP contribution in [-0.4, -0.2) is 40.6 Å². The van der Waals surface area contributed by atoms with Gasteiger partial charge in [-0.15, -0.1) is 4.80 Å². The van der Waals surface area contributed by atoms with Crippen molar-refractivity contribution in [2.75, 3.05) is 11.1 Å². The molecule has 10 nitrogen and oxygen atoms in total. The second kappa shape index (κ2) is 8.36. The number of carbonyl (C=O) groups is 1. The van der Waals surface area contributed by atoms with Crippen molar-refractivity contribution in [1.29, 1.82) is 0 Å². The number of alkyl halides is 3. The Kier molecular flexibility index (Phi) is 5.32.